The number of carbonyl (C=O) groups excluding carboxylic acids is 1. The lowest BCUT2D eigenvalue weighted by atomic mass is 9.79. The predicted molar refractivity (Wildman–Crippen MR) is 118 cm³/mol. The van der Waals surface area contributed by atoms with E-state index >= 15 is 0 Å². The third-order valence-corrected chi connectivity index (χ3v) is 5.75. The molecule has 5 heteroatoms. The number of amides is 1. The lowest BCUT2D eigenvalue weighted by molar-refractivity contribution is 0.0929. The number of hydrogen-bond donors (Lipinski definition) is 1. The molecule has 2 aromatic carbocycles. The summed E-state index contributed by atoms with van der Waals surface area (Å²) in [6, 6.07) is 15.7. The molecule has 0 spiro atoms. The molecule has 5 nitrogen and oxygen atoms in total. The quantitative estimate of drug-likeness (QED) is 0.486. The van der Waals surface area contributed by atoms with Crippen LogP contribution in [0.3, 0.4) is 0 Å². The highest BCUT2D eigenvalue weighted by atomic mass is 16.3. The van der Waals surface area contributed by atoms with Crippen molar-refractivity contribution in [2.24, 2.45) is 5.10 Å². The molecule has 2 heterocycles. The first-order valence-electron chi connectivity index (χ1n) is 10.1. The lowest BCUT2D eigenvalue weighted by Crippen LogP contribution is -2.48. The van der Waals surface area contributed by atoms with Gasteiger partial charge in [-0.1, -0.05) is 31.2 Å². The highest BCUT2D eigenvalue weighted by molar-refractivity contribution is 5.96. The Morgan fingerprint density at radius 1 is 1.28 bits per heavy atom. The predicted octanol–water partition coefficient (Wildman–Crippen LogP) is 5.31. The Morgan fingerprint density at radius 2 is 2.07 bits per heavy atom. The van der Waals surface area contributed by atoms with E-state index in [-0.39, 0.29) is 17.2 Å². The van der Waals surface area contributed by atoms with Crippen LogP contribution in [0.4, 0.5) is 5.69 Å². The van der Waals surface area contributed by atoms with Crippen molar-refractivity contribution in [2.45, 2.75) is 45.6 Å². The van der Waals surface area contributed by atoms with Crippen molar-refractivity contribution in [1.29, 1.82) is 0 Å². The Balaban J connectivity index is 1.50. The van der Waals surface area contributed by atoms with Gasteiger partial charge in [0.1, 0.15) is 5.58 Å². The SMILES string of the molecule is CCN1c2ccc(/C=N/NC(=O)c3cc4ccccc4o3)cc2C(C)CC1(C)C. The standard InChI is InChI=1S/C24H27N3O2/c1-5-27-20-11-10-17(12-19(20)16(2)14-24(27,3)4)15-25-26-23(28)22-13-18-8-6-7-9-21(18)29-22/h6-13,15-16H,5,14H2,1-4H3,(H,26,28)/b25-15+. The zero-order valence-electron chi connectivity index (χ0n) is 17.4. The van der Waals surface area contributed by atoms with Crippen LogP contribution in [0.1, 0.15) is 61.7 Å². The number of nitrogens with one attached hydrogen (secondary N) is 1. The van der Waals surface area contributed by atoms with E-state index in [0.717, 1.165) is 23.9 Å². The maximum Gasteiger partial charge on any atom is 0.307 e. The first-order valence-corrected chi connectivity index (χ1v) is 10.1. The van der Waals surface area contributed by atoms with E-state index in [4.69, 9.17) is 4.42 Å². The van der Waals surface area contributed by atoms with Crippen molar-refractivity contribution >= 4 is 28.8 Å². The number of hydrazone groups is 1. The topological polar surface area (TPSA) is 57.8 Å². The van der Waals surface area contributed by atoms with Crippen LogP contribution in [0, 0.1) is 0 Å². The van der Waals surface area contributed by atoms with E-state index in [1.165, 1.54) is 11.3 Å². The Morgan fingerprint density at radius 3 is 2.83 bits per heavy atom. The lowest BCUT2D eigenvalue weighted by Gasteiger charge is -2.47. The molecular weight excluding hydrogens is 362 g/mol. The minimum atomic E-state index is -0.359. The van der Waals surface area contributed by atoms with Gasteiger partial charge in [0.05, 0.1) is 6.21 Å². The Kier molecular flexibility index (Phi) is 4.91. The van der Waals surface area contributed by atoms with Crippen molar-refractivity contribution in [3.05, 3.63) is 65.4 Å². The molecule has 0 bridgehead atoms. The second-order valence-corrected chi connectivity index (χ2v) is 8.33. The van der Waals surface area contributed by atoms with Crippen LogP contribution in [0.5, 0.6) is 0 Å². The maximum atomic E-state index is 12.3. The second kappa shape index (κ2) is 7.39. The summed E-state index contributed by atoms with van der Waals surface area (Å²) < 4.78 is 5.57. The zero-order valence-corrected chi connectivity index (χ0v) is 17.4. The molecule has 0 saturated heterocycles. The Labute approximate surface area is 171 Å². The van der Waals surface area contributed by atoms with E-state index in [2.05, 4.69) is 55.3 Å². The first-order chi connectivity index (χ1) is 13.9. The van der Waals surface area contributed by atoms with Crippen LogP contribution in [0.15, 0.2) is 58.0 Å². The van der Waals surface area contributed by atoms with Crippen molar-refractivity contribution in [3.8, 4) is 0 Å². The van der Waals surface area contributed by atoms with E-state index in [1.807, 2.05) is 30.3 Å². The first kappa shape index (κ1) is 19.2. The third-order valence-electron chi connectivity index (χ3n) is 5.75. The fourth-order valence-electron chi connectivity index (χ4n) is 4.50. The van der Waals surface area contributed by atoms with E-state index in [1.54, 1.807) is 12.3 Å². The van der Waals surface area contributed by atoms with Crippen molar-refractivity contribution in [1.82, 2.24) is 5.43 Å². The summed E-state index contributed by atoms with van der Waals surface area (Å²) in [5.41, 5.74) is 6.99. The van der Waals surface area contributed by atoms with Gasteiger partial charge in [-0.2, -0.15) is 5.10 Å². The van der Waals surface area contributed by atoms with Gasteiger partial charge >= 0.3 is 5.91 Å². The molecule has 0 aliphatic carbocycles. The van der Waals surface area contributed by atoms with E-state index < -0.39 is 0 Å². The molecule has 0 saturated carbocycles. The van der Waals surface area contributed by atoms with E-state index in [9.17, 15) is 4.79 Å². The van der Waals surface area contributed by atoms with Gasteiger partial charge in [0.25, 0.3) is 0 Å². The van der Waals surface area contributed by atoms with Gasteiger partial charge in [-0.3, -0.25) is 4.79 Å². The molecule has 1 amide bonds. The molecule has 150 valence electrons. The van der Waals surface area contributed by atoms with Gasteiger partial charge in [-0.15, -0.1) is 0 Å². The third kappa shape index (κ3) is 3.65. The van der Waals surface area contributed by atoms with Gasteiger partial charge in [0.15, 0.2) is 5.76 Å². The van der Waals surface area contributed by atoms with Crippen molar-refractivity contribution in [3.63, 3.8) is 0 Å². The highest BCUT2D eigenvalue weighted by Crippen LogP contribution is 2.43. The van der Waals surface area contributed by atoms with Gasteiger partial charge < -0.3 is 9.32 Å². The monoisotopic (exact) mass is 389 g/mol. The number of fused-ring (bicyclic) bond motifs is 2. The fourth-order valence-corrected chi connectivity index (χ4v) is 4.50. The number of anilines is 1. The summed E-state index contributed by atoms with van der Waals surface area (Å²) in [4.78, 5) is 14.8. The summed E-state index contributed by atoms with van der Waals surface area (Å²) in [7, 11) is 0. The number of hydrogen-bond acceptors (Lipinski definition) is 4. The Bertz CT molecular complexity index is 1050. The van der Waals surface area contributed by atoms with Gasteiger partial charge in [0, 0.05) is 23.2 Å². The minimum absolute atomic E-state index is 0.150. The van der Waals surface area contributed by atoms with Crippen molar-refractivity contribution in [2.75, 3.05) is 11.4 Å². The fraction of sp³-hybridized carbons (Fsp3) is 0.333. The maximum absolute atomic E-state index is 12.3. The molecular formula is C24H27N3O2. The summed E-state index contributed by atoms with van der Waals surface area (Å²) in [6.45, 7) is 10.1. The molecule has 0 radical (unpaired) electrons. The molecule has 0 fully saturated rings. The van der Waals surface area contributed by atoms with Crippen LogP contribution in [-0.2, 0) is 0 Å². The molecule has 1 atom stereocenters. The number of benzene rings is 2. The van der Waals surface area contributed by atoms with Crippen LogP contribution in [0.2, 0.25) is 0 Å². The second-order valence-electron chi connectivity index (χ2n) is 8.33. The molecule has 1 aliphatic heterocycles. The number of nitrogens with zero attached hydrogens (tertiary/aromatic N) is 2. The van der Waals surface area contributed by atoms with Gasteiger partial charge in [0.2, 0.25) is 0 Å². The average molecular weight is 389 g/mol. The summed E-state index contributed by atoms with van der Waals surface area (Å²) in [5, 5.41) is 5.03. The minimum Gasteiger partial charge on any atom is -0.451 e. The molecule has 4 rings (SSSR count). The van der Waals surface area contributed by atoms with Gasteiger partial charge in [-0.25, -0.2) is 5.43 Å². The molecule has 1 aliphatic rings. The van der Waals surface area contributed by atoms with E-state index in [0.29, 0.717) is 11.5 Å². The summed E-state index contributed by atoms with van der Waals surface area (Å²) in [5.74, 6) is 0.368. The van der Waals surface area contributed by atoms with Crippen LogP contribution < -0.4 is 10.3 Å². The number of furan rings is 1. The number of carbonyl (C=O) groups is 1. The normalized spacial score (nSPS) is 18.2. The van der Waals surface area contributed by atoms with Crippen molar-refractivity contribution < 1.29 is 9.21 Å². The number of para-hydroxylation sites is 1. The highest BCUT2D eigenvalue weighted by Gasteiger charge is 2.35. The van der Waals surface area contributed by atoms with Crippen LogP contribution in [0.25, 0.3) is 11.0 Å². The molecule has 1 aromatic heterocycles. The Hall–Kier alpha value is -3.08. The molecule has 1 unspecified atom stereocenters. The smallest absolute Gasteiger partial charge is 0.307 e. The molecule has 3 aromatic rings. The summed E-state index contributed by atoms with van der Waals surface area (Å²) >= 11 is 0. The largest absolute Gasteiger partial charge is 0.451 e. The van der Waals surface area contributed by atoms with Gasteiger partial charge in [-0.05, 0) is 68.5 Å². The number of rotatable bonds is 4. The van der Waals surface area contributed by atoms with Crippen LogP contribution >= 0.6 is 0 Å². The van der Waals surface area contributed by atoms with Crippen LogP contribution in [-0.4, -0.2) is 24.2 Å². The zero-order chi connectivity index (χ0) is 20.6. The molecule has 29 heavy (non-hydrogen) atoms. The molecule has 1 N–H and O–H groups in total. The average Bonchev–Trinajstić information content (AvgIpc) is 3.12. The summed E-state index contributed by atoms with van der Waals surface area (Å²) in [6.07, 6.45) is 2.79.